The fraction of sp³-hybridized carbons (Fsp3) is 0.667. The van der Waals surface area contributed by atoms with Gasteiger partial charge in [-0.1, -0.05) is 0 Å². The average molecular weight is 372 g/mol. The molecule has 0 radical (unpaired) electrons. The van der Waals surface area contributed by atoms with Gasteiger partial charge in [0.1, 0.15) is 0 Å². The van der Waals surface area contributed by atoms with E-state index in [0.29, 0.717) is 0 Å². The van der Waals surface area contributed by atoms with Gasteiger partial charge in [-0.3, -0.25) is 9.89 Å². The van der Waals surface area contributed by atoms with Crippen LogP contribution in [-0.4, -0.2) is 73.8 Å². The van der Waals surface area contributed by atoms with Gasteiger partial charge in [0.15, 0.2) is 5.96 Å². The molecule has 6 nitrogen and oxygen atoms in total. The van der Waals surface area contributed by atoms with Crippen LogP contribution in [0.2, 0.25) is 0 Å². The number of rotatable bonds is 5. The zero-order valence-corrected chi connectivity index (χ0v) is 15.3. The highest BCUT2D eigenvalue weighted by Crippen LogP contribution is 2.14. The van der Waals surface area contributed by atoms with Gasteiger partial charge in [-0.25, -0.2) is 0 Å². The van der Waals surface area contributed by atoms with Crippen LogP contribution >= 0.6 is 15.9 Å². The van der Waals surface area contributed by atoms with Crippen LogP contribution in [0.15, 0.2) is 21.7 Å². The summed E-state index contributed by atoms with van der Waals surface area (Å²) in [5.41, 5.74) is 1.24. The van der Waals surface area contributed by atoms with Crippen LogP contribution in [-0.2, 0) is 18.3 Å². The van der Waals surface area contributed by atoms with Crippen LogP contribution in [0.3, 0.4) is 0 Å². The highest BCUT2D eigenvalue weighted by molar-refractivity contribution is 9.10. The number of aliphatic imine (C=N–C) groups is 1. The number of nitrogens with one attached hydrogen (secondary N) is 1. The zero-order chi connectivity index (χ0) is 15.9. The summed E-state index contributed by atoms with van der Waals surface area (Å²) in [5.74, 6) is 0.922. The number of guanidine groups is 1. The molecule has 1 aliphatic heterocycles. The molecule has 0 unspecified atom stereocenters. The molecule has 1 N–H and O–H groups in total. The van der Waals surface area contributed by atoms with Crippen molar-refractivity contribution in [2.24, 2.45) is 12.0 Å². The lowest BCUT2D eigenvalue weighted by Crippen LogP contribution is -2.44. The molecule has 0 spiro atoms. The van der Waals surface area contributed by atoms with Crippen molar-refractivity contribution < 1.29 is 4.74 Å². The fourth-order valence-electron chi connectivity index (χ4n) is 2.58. The van der Waals surface area contributed by atoms with E-state index in [1.165, 1.54) is 5.69 Å². The first-order valence-corrected chi connectivity index (χ1v) is 8.42. The molecule has 7 heteroatoms. The van der Waals surface area contributed by atoms with Crippen molar-refractivity contribution in [3.8, 4) is 0 Å². The van der Waals surface area contributed by atoms with E-state index in [1.807, 2.05) is 7.05 Å². The average Bonchev–Trinajstić information content (AvgIpc) is 2.82. The maximum absolute atomic E-state index is 5.37. The van der Waals surface area contributed by atoms with Crippen molar-refractivity contribution in [3.63, 3.8) is 0 Å². The van der Waals surface area contributed by atoms with E-state index in [1.54, 1.807) is 0 Å². The summed E-state index contributed by atoms with van der Waals surface area (Å²) in [5, 5.41) is 3.44. The van der Waals surface area contributed by atoms with Crippen molar-refractivity contribution in [2.75, 3.05) is 53.5 Å². The van der Waals surface area contributed by atoms with Crippen molar-refractivity contribution >= 4 is 21.9 Å². The minimum absolute atomic E-state index is 0.819. The second kappa shape index (κ2) is 8.55. The highest BCUT2D eigenvalue weighted by atomic mass is 79.9. The molecule has 0 aromatic carbocycles. The monoisotopic (exact) mass is 371 g/mol. The van der Waals surface area contributed by atoms with E-state index in [0.717, 1.165) is 56.4 Å². The lowest BCUT2D eigenvalue weighted by atomic mass is 10.4. The first kappa shape index (κ1) is 17.3. The van der Waals surface area contributed by atoms with Crippen LogP contribution in [0.5, 0.6) is 0 Å². The van der Waals surface area contributed by atoms with Gasteiger partial charge in [0.05, 0.1) is 19.8 Å². The Labute approximate surface area is 141 Å². The first-order valence-electron chi connectivity index (χ1n) is 7.63. The summed E-state index contributed by atoms with van der Waals surface area (Å²) < 4.78 is 8.60. The van der Waals surface area contributed by atoms with Crippen molar-refractivity contribution in [1.29, 1.82) is 0 Å². The van der Waals surface area contributed by atoms with Gasteiger partial charge in [-0.2, -0.15) is 0 Å². The molecule has 1 aromatic rings. The number of halogens is 1. The number of ether oxygens (including phenoxy) is 1. The fourth-order valence-corrected chi connectivity index (χ4v) is 3.15. The van der Waals surface area contributed by atoms with E-state index in [9.17, 15) is 0 Å². The van der Waals surface area contributed by atoms with Gasteiger partial charge in [0.25, 0.3) is 0 Å². The normalized spacial score (nSPS) is 16.8. The van der Waals surface area contributed by atoms with Crippen LogP contribution in [0.4, 0.5) is 0 Å². The molecular weight excluding hydrogens is 346 g/mol. The third-order valence-electron chi connectivity index (χ3n) is 3.86. The number of aryl methyl sites for hydroxylation is 1. The van der Waals surface area contributed by atoms with E-state index in [-0.39, 0.29) is 0 Å². The van der Waals surface area contributed by atoms with Crippen LogP contribution in [0.25, 0.3) is 0 Å². The minimum atomic E-state index is 0.819. The molecule has 0 atom stereocenters. The van der Waals surface area contributed by atoms with Crippen molar-refractivity contribution in [2.45, 2.75) is 6.54 Å². The summed E-state index contributed by atoms with van der Waals surface area (Å²) in [7, 11) is 5.95. The maximum atomic E-state index is 5.37. The molecule has 2 heterocycles. The number of aromatic nitrogens is 1. The van der Waals surface area contributed by atoms with Crippen molar-refractivity contribution in [1.82, 2.24) is 19.7 Å². The van der Waals surface area contributed by atoms with E-state index >= 15 is 0 Å². The third-order valence-corrected chi connectivity index (χ3v) is 4.30. The molecule has 1 fully saturated rings. The largest absolute Gasteiger partial charge is 0.379 e. The summed E-state index contributed by atoms with van der Waals surface area (Å²) in [6, 6.07) is 2.14. The quantitative estimate of drug-likeness (QED) is 0.622. The SMILES string of the molecule is CN=C(NCCN1CCOCC1)N(C)Cc1cc(Br)cn1C. The Morgan fingerprint density at radius 2 is 2.18 bits per heavy atom. The second-order valence-electron chi connectivity index (χ2n) is 5.54. The Kier molecular flexibility index (Phi) is 6.72. The topological polar surface area (TPSA) is 45.0 Å². The zero-order valence-electron chi connectivity index (χ0n) is 13.7. The summed E-state index contributed by atoms with van der Waals surface area (Å²) in [6.07, 6.45) is 2.07. The predicted molar refractivity (Wildman–Crippen MR) is 93.2 cm³/mol. The Hall–Kier alpha value is -1.05. The van der Waals surface area contributed by atoms with Gasteiger partial charge in [0, 0.05) is 63.7 Å². The summed E-state index contributed by atoms with van der Waals surface area (Å²) >= 11 is 3.51. The molecular formula is C15H26BrN5O. The smallest absolute Gasteiger partial charge is 0.193 e. The molecule has 0 saturated carbocycles. The van der Waals surface area contributed by atoms with Gasteiger partial charge in [-0.05, 0) is 22.0 Å². The maximum Gasteiger partial charge on any atom is 0.193 e. The second-order valence-corrected chi connectivity index (χ2v) is 6.46. The molecule has 22 heavy (non-hydrogen) atoms. The van der Waals surface area contributed by atoms with Crippen molar-refractivity contribution in [3.05, 3.63) is 22.4 Å². The van der Waals surface area contributed by atoms with E-state index in [4.69, 9.17) is 4.74 Å². The Bertz CT molecular complexity index is 496. The lowest BCUT2D eigenvalue weighted by molar-refractivity contribution is 0.0388. The highest BCUT2D eigenvalue weighted by Gasteiger charge is 2.12. The molecule has 1 saturated heterocycles. The standard InChI is InChI=1S/C15H26BrN5O/c1-17-15(18-4-5-21-6-8-22-9-7-21)20(3)12-14-10-13(16)11-19(14)2/h10-11H,4-9,12H2,1-3H3,(H,17,18). The Balaban J connectivity index is 1.79. The van der Waals surface area contributed by atoms with Gasteiger partial charge in [0.2, 0.25) is 0 Å². The van der Waals surface area contributed by atoms with Crippen LogP contribution in [0.1, 0.15) is 5.69 Å². The molecule has 2 rings (SSSR count). The number of hydrogen-bond donors (Lipinski definition) is 1. The summed E-state index contributed by atoms with van der Waals surface area (Å²) in [4.78, 5) is 8.93. The predicted octanol–water partition coefficient (Wildman–Crippen LogP) is 1.13. The van der Waals surface area contributed by atoms with Gasteiger partial charge in [-0.15, -0.1) is 0 Å². The van der Waals surface area contributed by atoms with E-state index in [2.05, 4.69) is 67.0 Å². The summed E-state index contributed by atoms with van der Waals surface area (Å²) in [6.45, 7) is 6.47. The molecule has 0 aliphatic carbocycles. The number of morpholine rings is 1. The number of nitrogens with zero attached hydrogens (tertiary/aromatic N) is 4. The third kappa shape index (κ3) is 5.00. The van der Waals surface area contributed by atoms with Crippen LogP contribution in [0, 0.1) is 0 Å². The molecule has 0 amide bonds. The molecule has 0 bridgehead atoms. The molecule has 1 aliphatic rings. The van der Waals surface area contributed by atoms with Crippen LogP contribution < -0.4 is 5.32 Å². The first-order chi connectivity index (χ1) is 10.6. The molecule has 1 aromatic heterocycles. The Morgan fingerprint density at radius 1 is 1.45 bits per heavy atom. The van der Waals surface area contributed by atoms with Gasteiger partial charge >= 0.3 is 0 Å². The Morgan fingerprint density at radius 3 is 2.77 bits per heavy atom. The minimum Gasteiger partial charge on any atom is -0.379 e. The van der Waals surface area contributed by atoms with E-state index < -0.39 is 0 Å². The lowest BCUT2D eigenvalue weighted by Gasteiger charge is -2.28. The molecule has 124 valence electrons. The number of hydrogen-bond acceptors (Lipinski definition) is 3. The van der Waals surface area contributed by atoms with Gasteiger partial charge < -0.3 is 19.5 Å².